The van der Waals surface area contributed by atoms with Crippen molar-refractivity contribution >= 4 is 0 Å². The number of hydrogen-bond acceptors (Lipinski definition) is 0. The predicted octanol–water partition coefficient (Wildman–Crippen LogP) is 8.14. The van der Waals surface area contributed by atoms with Crippen LogP contribution in [0.4, 0.5) is 0 Å². The van der Waals surface area contributed by atoms with Crippen molar-refractivity contribution in [1.82, 2.24) is 0 Å². The molecular formula is C30H34. The molecule has 0 heterocycles. The second-order valence-corrected chi connectivity index (χ2v) is 12.3. The van der Waals surface area contributed by atoms with E-state index in [1.54, 1.807) is 22.3 Å². The molecule has 8 aliphatic carbocycles. The Kier molecular flexibility index (Phi) is 3.42. The van der Waals surface area contributed by atoms with E-state index in [0.29, 0.717) is 0 Å². The van der Waals surface area contributed by atoms with E-state index in [4.69, 9.17) is 0 Å². The minimum atomic E-state index is 0.850. The van der Waals surface area contributed by atoms with Gasteiger partial charge in [-0.05, 0) is 145 Å². The smallest absolute Gasteiger partial charge is 0.0154 e. The number of rotatable bonds is 1. The molecule has 8 aliphatic rings. The molecule has 30 heavy (non-hydrogen) atoms. The van der Waals surface area contributed by atoms with Crippen LogP contribution in [0.3, 0.4) is 0 Å². The van der Waals surface area contributed by atoms with Gasteiger partial charge in [-0.1, -0.05) is 36.4 Å². The lowest BCUT2D eigenvalue weighted by Crippen LogP contribution is -2.25. The highest BCUT2D eigenvalue weighted by Gasteiger charge is 2.43. The first kappa shape index (κ1) is 17.0. The van der Waals surface area contributed by atoms with Gasteiger partial charge >= 0.3 is 0 Å². The Balaban J connectivity index is 1.22. The summed E-state index contributed by atoms with van der Waals surface area (Å²) in [5, 5.41) is 0. The van der Waals surface area contributed by atoms with Crippen molar-refractivity contribution in [3.8, 4) is 11.1 Å². The Hall–Kier alpha value is -1.56. The Morgan fingerprint density at radius 2 is 0.700 bits per heavy atom. The molecule has 0 amide bonds. The van der Waals surface area contributed by atoms with Crippen LogP contribution in [0, 0.1) is 23.7 Å². The summed E-state index contributed by atoms with van der Waals surface area (Å²) in [7, 11) is 0. The second kappa shape index (κ2) is 6.02. The predicted molar refractivity (Wildman–Crippen MR) is 123 cm³/mol. The van der Waals surface area contributed by atoms with Crippen LogP contribution in [0.1, 0.15) is 110 Å². The molecule has 2 aromatic rings. The average molecular weight is 395 g/mol. The SMILES string of the molecule is c1cc2c(cc1-c1ccc3c(c1)C1CC4CC(CC3C4)C1)C1CC3CC(CC2C3)C1. The van der Waals surface area contributed by atoms with Crippen molar-refractivity contribution in [3.05, 3.63) is 58.7 Å². The first-order chi connectivity index (χ1) is 14.8. The Bertz CT molecular complexity index is 919. The second-order valence-electron chi connectivity index (χ2n) is 12.3. The first-order valence-electron chi connectivity index (χ1n) is 13.0. The molecule has 0 radical (unpaired) electrons. The van der Waals surface area contributed by atoms with E-state index >= 15 is 0 Å². The van der Waals surface area contributed by atoms with E-state index in [1.807, 2.05) is 0 Å². The summed E-state index contributed by atoms with van der Waals surface area (Å²) in [5.41, 5.74) is 9.97. The van der Waals surface area contributed by atoms with Gasteiger partial charge in [0.25, 0.3) is 0 Å². The summed E-state index contributed by atoms with van der Waals surface area (Å²) in [6, 6.07) is 15.4. The lowest BCUT2D eigenvalue weighted by Gasteiger charge is -2.38. The maximum atomic E-state index is 2.64. The minimum Gasteiger partial charge on any atom is -0.0579 e. The fraction of sp³-hybridized carbons (Fsp3) is 0.600. The van der Waals surface area contributed by atoms with Crippen LogP contribution in [-0.4, -0.2) is 0 Å². The van der Waals surface area contributed by atoms with Crippen LogP contribution in [-0.2, 0) is 0 Å². The molecule has 4 fully saturated rings. The monoisotopic (exact) mass is 394 g/mol. The lowest BCUT2D eigenvalue weighted by molar-refractivity contribution is 0.165. The van der Waals surface area contributed by atoms with E-state index in [-0.39, 0.29) is 0 Å². The molecule has 8 bridgehead atoms. The Morgan fingerprint density at radius 3 is 1.07 bits per heavy atom. The van der Waals surface area contributed by atoms with Crippen molar-refractivity contribution in [1.29, 1.82) is 0 Å². The molecule has 10 rings (SSSR count). The third kappa shape index (κ3) is 2.40. The molecule has 0 nitrogen and oxygen atoms in total. The zero-order chi connectivity index (χ0) is 19.4. The van der Waals surface area contributed by atoms with Gasteiger partial charge in [-0.2, -0.15) is 0 Å². The molecule has 2 aromatic carbocycles. The first-order valence-corrected chi connectivity index (χ1v) is 13.0. The molecular weight excluding hydrogens is 360 g/mol. The zero-order valence-corrected chi connectivity index (χ0v) is 18.2. The van der Waals surface area contributed by atoms with Gasteiger partial charge in [-0.3, -0.25) is 0 Å². The minimum absolute atomic E-state index is 0.850. The molecule has 4 unspecified atom stereocenters. The van der Waals surface area contributed by atoms with Gasteiger partial charge in [0.05, 0.1) is 0 Å². The highest BCUT2D eigenvalue weighted by Crippen LogP contribution is 2.58. The van der Waals surface area contributed by atoms with Gasteiger partial charge in [0, 0.05) is 0 Å². The van der Waals surface area contributed by atoms with Crippen LogP contribution in [0.5, 0.6) is 0 Å². The van der Waals surface area contributed by atoms with E-state index in [0.717, 1.165) is 47.3 Å². The van der Waals surface area contributed by atoms with Crippen molar-refractivity contribution in [2.75, 3.05) is 0 Å². The molecule has 0 heteroatoms. The van der Waals surface area contributed by atoms with Crippen LogP contribution in [0.2, 0.25) is 0 Å². The van der Waals surface area contributed by atoms with Gasteiger partial charge in [0.1, 0.15) is 0 Å². The van der Waals surface area contributed by atoms with Crippen molar-refractivity contribution < 1.29 is 0 Å². The third-order valence-electron chi connectivity index (χ3n) is 10.5. The molecule has 0 saturated heterocycles. The summed E-state index contributed by atoms with van der Waals surface area (Å²) < 4.78 is 0. The molecule has 4 atom stereocenters. The van der Waals surface area contributed by atoms with Crippen LogP contribution >= 0.6 is 0 Å². The summed E-state index contributed by atoms with van der Waals surface area (Å²) >= 11 is 0. The maximum Gasteiger partial charge on any atom is -0.0154 e. The number of hydrogen-bond donors (Lipinski definition) is 0. The molecule has 154 valence electrons. The van der Waals surface area contributed by atoms with Gasteiger partial charge in [-0.15, -0.1) is 0 Å². The van der Waals surface area contributed by atoms with Gasteiger partial charge in [0.2, 0.25) is 0 Å². The normalized spacial score (nSPS) is 42.0. The molecule has 4 saturated carbocycles. The summed E-state index contributed by atoms with van der Waals surface area (Å²) in [6.07, 6.45) is 14.9. The zero-order valence-electron chi connectivity index (χ0n) is 18.2. The van der Waals surface area contributed by atoms with Gasteiger partial charge < -0.3 is 0 Å². The van der Waals surface area contributed by atoms with E-state index in [1.165, 1.54) is 75.3 Å². The Labute approximate surface area is 181 Å². The molecule has 0 spiro atoms. The summed E-state index contributed by atoms with van der Waals surface area (Å²) in [5.74, 6) is 7.49. The maximum absolute atomic E-state index is 2.64. The standard InChI is InChI=1S/C30H34/c1-3-27-23-7-17-5-18(8-23)12-25(11-17)29(27)15-21(1)22-2-4-28-24-9-19-6-20(10-24)14-26(13-19)30(28)16-22/h1-4,15-20,23-26H,5-14H2. The van der Waals surface area contributed by atoms with E-state index < -0.39 is 0 Å². The van der Waals surface area contributed by atoms with Crippen LogP contribution < -0.4 is 0 Å². The Morgan fingerprint density at radius 1 is 0.367 bits per heavy atom. The fourth-order valence-corrected chi connectivity index (χ4v) is 9.68. The highest BCUT2D eigenvalue weighted by atomic mass is 14.5. The topological polar surface area (TPSA) is 0 Å². The van der Waals surface area contributed by atoms with Gasteiger partial charge in [0.15, 0.2) is 0 Å². The summed E-state index contributed by atoms with van der Waals surface area (Å²) in [6.45, 7) is 0. The third-order valence-corrected chi connectivity index (χ3v) is 10.5. The molecule has 0 aromatic heterocycles. The largest absolute Gasteiger partial charge is 0.0579 e. The van der Waals surface area contributed by atoms with E-state index in [9.17, 15) is 0 Å². The fourth-order valence-electron chi connectivity index (χ4n) is 9.68. The molecule has 0 N–H and O–H groups in total. The van der Waals surface area contributed by atoms with Crippen LogP contribution in [0.25, 0.3) is 11.1 Å². The lowest BCUT2D eigenvalue weighted by atomic mass is 9.67. The van der Waals surface area contributed by atoms with Crippen molar-refractivity contribution in [2.24, 2.45) is 23.7 Å². The van der Waals surface area contributed by atoms with Crippen molar-refractivity contribution in [3.63, 3.8) is 0 Å². The molecule has 0 aliphatic heterocycles. The number of benzene rings is 2. The van der Waals surface area contributed by atoms with Crippen LogP contribution in [0.15, 0.2) is 36.4 Å². The van der Waals surface area contributed by atoms with Gasteiger partial charge in [-0.25, -0.2) is 0 Å². The average Bonchev–Trinajstić information content (AvgIpc) is 3.03. The quantitative estimate of drug-likeness (QED) is 0.458. The highest BCUT2D eigenvalue weighted by molar-refractivity contribution is 5.68. The van der Waals surface area contributed by atoms with E-state index in [2.05, 4.69) is 36.4 Å². The van der Waals surface area contributed by atoms with Crippen molar-refractivity contribution in [2.45, 2.75) is 87.9 Å². The summed E-state index contributed by atoms with van der Waals surface area (Å²) in [4.78, 5) is 0.